The standard InChI is InChI=1S/C13H19ClN2O2/c1-8(2)11(7-18-3)16-13(17)9-5-4-6-10(14)12(9)15/h4-6,8,11H,7,15H2,1-3H3,(H,16,17). The molecule has 1 aromatic rings. The molecule has 1 amide bonds. The van der Waals surface area contributed by atoms with Gasteiger partial charge in [0.25, 0.3) is 5.91 Å². The minimum atomic E-state index is -0.231. The number of nitrogens with one attached hydrogen (secondary N) is 1. The Labute approximate surface area is 112 Å². The SMILES string of the molecule is COCC(NC(=O)c1cccc(Cl)c1N)C(C)C. The molecule has 4 nitrogen and oxygen atoms in total. The molecule has 0 radical (unpaired) electrons. The number of hydrogen-bond donors (Lipinski definition) is 2. The van der Waals surface area contributed by atoms with Crippen LogP contribution in [0.25, 0.3) is 0 Å². The Morgan fingerprint density at radius 3 is 2.72 bits per heavy atom. The molecule has 1 unspecified atom stereocenters. The molecule has 0 fully saturated rings. The molecule has 0 aromatic heterocycles. The van der Waals surface area contributed by atoms with Crippen LogP contribution in [0.3, 0.4) is 0 Å². The number of benzene rings is 1. The fourth-order valence-corrected chi connectivity index (χ4v) is 1.74. The van der Waals surface area contributed by atoms with Gasteiger partial charge in [0.1, 0.15) is 0 Å². The lowest BCUT2D eigenvalue weighted by Gasteiger charge is -2.22. The quantitative estimate of drug-likeness (QED) is 0.807. The third-order valence-electron chi connectivity index (χ3n) is 2.76. The number of carbonyl (C=O) groups is 1. The maximum absolute atomic E-state index is 12.1. The van der Waals surface area contributed by atoms with Gasteiger partial charge in [-0.25, -0.2) is 0 Å². The van der Waals surface area contributed by atoms with Gasteiger partial charge in [-0.3, -0.25) is 4.79 Å². The van der Waals surface area contributed by atoms with Crippen molar-refractivity contribution in [2.45, 2.75) is 19.9 Å². The van der Waals surface area contributed by atoms with Crippen LogP contribution >= 0.6 is 11.6 Å². The second kappa shape index (κ2) is 6.61. The van der Waals surface area contributed by atoms with Gasteiger partial charge in [-0.2, -0.15) is 0 Å². The van der Waals surface area contributed by atoms with Crippen molar-refractivity contribution < 1.29 is 9.53 Å². The number of ether oxygens (including phenoxy) is 1. The molecule has 0 saturated carbocycles. The Bertz CT molecular complexity index is 421. The maximum Gasteiger partial charge on any atom is 0.253 e. The van der Waals surface area contributed by atoms with Gasteiger partial charge in [-0.1, -0.05) is 31.5 Å². The van der Waals surface area contributed by atoms with Crippen LogP contribution in [0.15, 0.2) is 18.2 Å². The van der Waals surface area contributed by atoms with E-state index in [-0.39, 0.29) is 17.9 Å². The Kier molecular flexibility index (Phi) is 5.44. The van der Waals surface area contributed by atoms with Crippen LogP contribution in [0.4, 0.5) is 5.69 Å². The van der Waals surface area contributed by atoms with E-state index in [1.807, 2.05) is 13.8 Å². The van der Waals surface area contributed by atoms with Crippen LogP contribution in [0.5, 0.6) is 0 Å². The highest BCUT2D eigenvalue weighted by molar-refractivity contribution is 6.33. The summed E-state index contributed by atoms with van der Waals surface area (Å²) in [6.45, 7) is 4.50. The third kappa shape index (κ3) is 3.62. The Morgan fingerprint density at radius 1 is 1.50 bits per heavy atom. The summed E-state index contributed by atoms with van der Waals surface area (Å²) in [5.41, 5.74) is 6.48. The van der Waals surface area contributed by atoms with Gasteiger partial charge in [-0.05, 0) is 18.1 Å². The summed E-state index contributed by atoms with van der Waals surface area (Å²) >= 11 is 5.89. The highest BCUT2D eigenvalue weighted by Crippen LogP contribution is 2.22. The average molecular weight is 271 g/mol. The largest absolute Gasteiger partial charge is 0.397 e. The van der Waals surface area contributed by atoms with E-state index in [0.717, 1.165) is 0 Å². The average Bonchev–Trinajstić information content (AvgIpc) is 2.31. The molecule has 100 valence electrons. The zero-order valence-electron chi connectivity index (χ0n) is 10.9. The van der Waals surface area contributed by atoms with Crippen LogP contribution in [-0.4, -0.2) is 25.7 Å². The van der Waals surface area contributed by atoms with Crippen LogP contribution < -0.4 is 11.1 Å². The third-order valence-corrected chi connectivity index (χ3v) is 3.09. The molecule has 5 heteroatoms. The summed E-state index contributed by atoms with van der Waals surface area (Å²) in [6, 6.07) is 4.96. The lowest BCUT2D eigenvalue weighted by Crippen LogP contribution is -2.41. The number of nitrogens with two attached hydrogens (primary N) is 1. The first-order valence-electron chi connectivity index (χ1n) is 5.81. The molecule has 1 aromatic carbocycles. The maximum atomic E-state index is 12.1. The van der Waals surface area contributed by atoms with Crippen molar-refractivity contribution in [1.82, 2.24) is 5.32 Å². The van der Waals surface area contributed by atoms with Crippen molar-refractivity contribution in [3.05, 3.63) is 28.8 Å². The van der Waals surface area contributed by atoms with Gasteiger partial charge >= 0.3 is 0 Å². The zero-order chi connectivity index (χ0) is 13.7. The lowest BCUT2D eigenvalue weighted by molar-refractivity contribution is 0.0867. The van der Waals surface area contributed by atoms with E-state index in [2.05, 4.69) is 5.32 Å². The van der Waals surface area contributed by atoms with Crippen molar-refractivity contribution in [3.8, 4) is 0 Å². The topological polar surface area (TPSA) is 64.3 Å². The van der Waals surface area contributed by atoms with Gasteiger partial charge in [0.15, 0.2) is 0 Å². The van der Waals surface area contributed by atoms with Crippen LogP contribution in [0, 0.1) is 5.92 Å². The Morgan fingerprint density at radius 2 is 2.17 bits per heavy atom. The summed E-state index contributed by atoms with van der Waals surface area (Å²) in [5, 5.41) is 3.28. The summed E-state index contributed by atoms with van der Waals surface area (Å²) in [7, 11) is 1.61. The number of methoxy groups -OCH3 is 1. The number of para-hydroxylation sites is 1. The molecule has 18 heavy (non-hydrogen) atoms. The first-order chi connectivity index (χ1) is 8.47. The molecular weight excluding hydrogens is 252 g/mol. The smallest absolute Gasteiger partial charge is 0.253 e. The summed E-state index contributed by atoms with van der Waals surface area (Å²) in [5.74, 6) is 0.0417. The lowest BCUT2D eigenvalue weighted by atomic mass is 10.0. The number of anilines is 1. The highest BCUT2D eigenvalue weighted by Gasteiger charge is 2.19. The van der Waals surface area contributed by atoms with Gasteiger partial charge in [0.2, 0.25) is 0 Å². The number of carbonyl (C=O) groups excluding carboxylic acids is 1. The van der Waals surface area contributed by atoms with E-state index in [1.165, 1.54) is 0 Å². The Hall–Kier alpha value is -1.26. The predicted octanol–water partition coefficient (Wildman–Crippen LogP) is 2.32. The van der Waals surface area contributed by atoms with E-state index in [4.69, 9.17) is 22.1 Å². The van der Waals surface area contributed by atoms with E-state index in [1.54, 1.807) is 25.3 Å². The van der Waals surface area contributed by atoms with Crippen molar-refractivity contribution in [2.24, 2.45) is 5.92 Å². The van der Waals surface area contributed by atoms with E-state index in [0.29, 0.717) is 22.9 Å². The molecular formula is C13H19ClN2O2. The fraction of sp³-hybridized carbons (Fsp3) is 0.462. The zero-order valence-corrected chi connectivity index (χ0v) is 11.6. The highest BCUT2D eigenvalue weighted by atomic mass is 35.5. The minimum absolute atomic E-state index is 0.0547. The van der Waals surface area contributed by atoms with Gasteiger partial charge in [-0.15, -0.1) is 0 Å². The van der Waals surface area contributed by atoms with Crippen LogP contribution in [-0.2, 0) is 4.74 Å². The summed E-state index contributed by atoms with van der Waals surface area (Å²) in [4.78, 5) is 12.1. The second-order valence-electron chi connectivity index (χ2n) is 4.48. The van der Waals surface area contributed by atoms with Gasteiger partial charge in [0, 0.05) is 7.11 Å². The first kappa shape index (κ1) is 14.8. The van der Waals surface area contributed by atoms with Crippen molar-refractivity contribution in [1.29, 1.82) is 0 Å². The van der Waals surface area contributed by atoms with Crippen molar-refractivity contribution >= 4 is 23.2 Å². The first-order valence-corrected chi connectivity index (χ1v) is 6.19. The number of amides is 1. The van der Waals surface area contributed by atoms with E-state index < -0.39 is 0 Å². The number of nitrogen functional groups attached to an aromatic ring is 1. The molecule has 0 aliphatic rings. The fourth-order valence-electron chi connectivity index (χ4n) is 1.56. The molecule has 0 bridgehead atoms. The van der Waals surface area contributed by atoms with Crippen molar-refractivity contribution in [2.75, 3.05) is 19.5 Å². The van der Waals surface area contributed by atoms with Crippen LogP contribution in [0.2, 0.25) is 5.02 Å². The van der Waals surface area contributed by atoms with E-state index in [9.17, 15) is 4.79 Å². The number of halogens is 1. The molecule has 1 rings (SSSR count). The van der Waals surface area contributed by atoms with Crippen molar-refractivity contribution in [3.63, 3.8) is 0 Å². The molecule has 0 saturated heterocycles. The minimum Gasteiger partial charge on any atom is -0.397 e. The van der Waals surface area contributed by atoms with Gasteiger partial charge < -0.3 is 15.8 Å². The number of hydrogen-bond acceptors (Lipinski definition) is 3. The Balaban J connectivity index is 2.84. The van der Waals surface area contributed by atoms with E-state index >= 15 is 0 Å². The van der Waals surface area contributed by atoms with Gasteiger partial charge in [0.05, 0.1) is 28.9 Å². The molecule has 0 spiro atoms. The molecule has 3 N–H and O–H groups in total. The second-order valence-corrected chi connectivity index (χ2v) is 4.89. The monoisotopic (exact) mass is 270 g/mol. The molecule has 0 aliphatic carbocycles. The molecule has 0 aliphatic heterocycles. The normalized spacial score (nSPS) is 12.5. The molecule has 0 heterocycles. The summed E-state index contributed by atoms with van der Waals surface area (Å²) < 4.78 is 5.08. The number of rotatable bonds is 5. The van der Waals surface area contributed by atoms with Crippen LogP contribution in [0.1, 0.15) is 24.2 Å². The summed E-state index contributed by atoms with van der Waals surface area (Å²) in [6.07, 6.45) is 0. The molecule has 1 atom stereocenters. The predicted molar refractivity (Wildman–Crippen MR) is 73.8 cm³/mol.